The Labute approximate surface area is 114 Å². The third kappa shape index (κ3) is 2.91. The van der Waals surface area contributed by atoms with Gasteiger partial charge in [-0.1, -0.05) is 42.5 Å². The van der Waals surface area contributed by atoms with Crippen molar-refractivity contribution < 1.29 is 4.79 Å². The Morgan fingerprint density at radius 3 is 2.37 bits per heavy atom. The number of benzene rings is 2. The van der Waals surface area contributed by atoms with Gasteiger partial charge in [-0.2, -0.15) is 0 Å². The van der Waals surface area contributed by atoms with Crippen molar-refractivity contribution in [3.63, 3.8) is 0 Å². The molecule has 0 unspecified atom stereocenters. The van der Waals surface area contributed by atoms with Crippen molar-refractivity contribution >= 4 is 5.78 Å². The van der Waals surface area contributed by atoms with E-state index in [1.54, 1.807) is 0 Å². The molecule has 0 aromatic heterocycles. The summed E-state index contributed by atoms with van der Waals surface area (Å²) in [5.41, 5.74) is 10.8. The molecule has 0 amide bonds. The molecule has 0 atom stereocenters. The van der Waals surface area contributed by atoms with Crippen LogP contribution in [0.2, 0.25) is 0 Å². The lowest BCUT2D eigenvalue weighted by Crippen LogP contribution is -2.09. The van der Waals surface area contributed by atoms with Crippen molar-refractivity contribution in [3.8, 4) is 0 Å². The molecule has 0 saturated heterocycles. The van der Waals surface area contributed by atoms with Crippen LogP contribution in [0.4, 0.5) is 0 Å². The van der Waals surface area contributed by atoms with E-state index in [0.29, 0.717) is 13.0 Å². The van der Waals surface area contributed by atoms with Crippen LogP contribution in [0.3, 0.4) is 0 Å². The van der Waals surface area contributed by atoms with Crippen LogP contribution in [0.25, 0.3) is 0 Å². The SMILES string of the molecule is Cc1cccc(C(=O)Cc2ccccc2CN)c1C. The van der Waals surface area contributed by atoms with Crippen LogP contribution >= 0.6 is 0 Å². The van der Waals surface area contributed by atoms with E-state index in [1.165, 1.54) is 0 Å². The van der Waals surface area contributed by atoms with E-state index >= 15 is 0 Å². The van der Waals surface area contributed by atoms with Crippen LogP contribution < -0.4 is 5.73 Å². The molecule has 2 nitrogen and oxygen atoms in total. The first kappa shape index (κ1) is 13.5. The van der Waals surface area contributed by atoms with Crippen LogP contribution in [0.15, 0.2) is 42.5 Å². The number of hydrogen-bond acceptors (Lipinski definition) is 2. The topological polar surface area (TPSA) is 43.1 Å². The summed E-state index contributed by atoms with van der Waals surface area (Å²) in [6.07, 6.45) is 0.414. The first-order chi connectivity index (χ1) is 9.13. The standard InChI is InChI=1S/C17H19NO/c1-12-6-5-9-16(13(12)2)17(19)10-14-7-3-4-8-15(14)11-18/h3-9H,10-11,18H2,1-2H3. The zero-order chi connectivity index (χ0) is 13.8. The van der Waals surface area contributed by atoms with Gasteiger partial charge in [0, 0.05) is 18.5 Å². The van der Waals surface area contributed by atoms with Gasteiger partial charge in [-0.05, 0) is 36.1 Å². The fourth-order valence-corrected chi connectivity index (χ4v) is 2.25. The largest absolute Gasteiger partial charge is 0.326 e. The molecule has 0 aliphatic carbocycles. The van der Waals surface area contributed by atoms with Crippen molar-refractivity contribution in [1.29, 1.82) is 0 Å². The van der Waals surface area contributed by atoms with E-state index < -0.39 is 0 Å². The summed E-state index contributed by atoms with van der Waals surface area (Å²) in [5, 5.41) is 0. The minimum Gasteiger partial charge on any atom is -0.326 e. The normalized spacial score (nSPS) is 10.5. The fourth-order valence-electron chi connectivity index (χ4n) is 2.25. The molecular formula is C17H19NO. The predicted octanol–water partition coefficient (Wildman–Crippen LogP) is 3.19. The van der Waals surface area contributed by atoms with Crippen molar-refractivity contribution in [2.45, 2.75) is 26.8 Å². The van der Waals surface area contributed by atoms with E-state index in [1.807, 2.05) is 56.3 Å². The highest BCUT2D eigenvalue weighted by Crippen LogP contribution is 2.17. The average Bonchev–Trinajstić information content (AvgIpc) is 2.42. The van der Waals surface area contributed by atoms with E-state index in [0.717, 1.165) is 27.8 Å². The number of rotatable bonds is 4. The number of carbonyl (C=O) groups excluding carboxylic acids is 1. The Morgan fingerprint density at radius 2 is 1.68 bits per heavy atom. The second-order valence-electron chi connectivity index (χ2n) is 4.82. The summed E-state index contributed by atoms with van der Waals surface area (Å²) in [7, 11) is 0. The smallest absolute Gasteiger partial charge is 0.167 e. The Hall–Kier alpha value is -1.93. The van der Waals surface area contributed by atoms with E-state index in [9.17, 15) is 4.79 Å². The summed E-state index contributed by atoms with van der Waals surface area (Å²) in [4.78, 5) is 12.4. The molecule has 0 saturated carbocycles. The number of Topliss-reactive ketones (excluding diaryl/α,β-unsaturated/α-hetero) is 1. The quantitative estimate of drug-likeness (QED) is 0.850. The molecule has 2 aromatic rings. The van der Waals surface area contributed by atoms with E-state index in [2.05, 4.69) is 0 Å². The molecule has 2 aromatic carbocycles. The first-order valence-corrected chi connectivity index (χ1v) is 6.49. The zero-order valence-electron chi connectivity index (χ0n) is 11.4. The fraction of sp³-hybridized carbons (Fsp3) is 0.235. The number of hydrogen-bond donors (Lipinski definition) is 1. The van der Waals surface area contributed by atoms with Gasteiger partial charge in [0.1, 0.15) is 0 Å². The molecule has 0 fully saturated rings. The molecule has 0 radical (unpaired) electrons. The Kier molecular flexibility index (Phi) is 4.13. The summed E-state index contributed by atoms with van der Waals surface area (Å²) in [6.45, 7) is 4.49. The Bertz CT molecular complexity index is 602. The molecular weight excluding hydrogens is 234 g/mol. The second kappa shape index (κ2) is 5.81. The van der Waals surface area contributed by atoms with Gasteiger partial charge in [-0.15, -0.1) is 0 Å². The van der Waals surface area contributed by atoms with Crippen molar-refractivity contribution in [1.82, 2.24) is 0 Å². The lowest BCUT2D eigenvalue weighted by molar-refractivity contribution is 0.0992. The zero-order valence-corrected chi connectivity index (χ0v) is 11.4. The Morgan fingerprint density at radius 1 is 1.00 bits per heavy atom. The summed E-state index contributed by atoms with van der Waals surface area (Å²) in [6, 6.07) is 13.7. The van der Waals surface area contributed by atoms with Gasteiger partial charge in [0.2, 0.25) is 0 Å². The molecule has 0 heterocycles. The van der Waals surface area contributed by atoms with Gasteiger partial charge < -0.3 is 5.73 Å². The van der Waals surface area contributed by atoms with Gasteiger partial charge >= 0.3 is 0 Å². The van der Waals surface area contributed by atoms with Crippen LogP contribution in [-0.4, -0.2) is 5.78 Å². The van der Waals surface area contributed by atoms with Crippen molar-refractivity contribution in [2.24, 2.45) is 5.73 Å². The summed E-state index contributed by atoms with van der Waals surface area (Å²) in [5.74, 6) is 0.155. The maximum absolute atomic E-state index is 12.4. The molecule has 98 valence electrons. The van der Waals surface area contributed by atoms with Gasteiger partial charge in [0.15, 0.2) is 5.78 Å². The van der Waals surface area contributed by atoms with Gasteiger partial charge in [0.25, 0.3) is 0 Å². The van der Waals surface area contributed by atoms with Crippen molar-refractivity contribution in [2.75, 3.05) is 0 Å². The van der Waals surface area contributed by atoms with Crippen LogP contribution in [0, 0.1) is 13.8 Å². The highest BCUT2D eigenvalue weighted by molar-refractivity contribution is 5.99. The lowest BCUT2D eigenvalue weighted by Gasteiger charge is -2.10. The minimum absolute atomic E-state index is 0.155. The van der Waals surface area contributed by atoms with Gasteiger partial charge in [-0.3, -0.25) is 4.79 Å². The molecule has 2 rings (SSSR count). The van der Waals surface area contributed by atoms with Crippen LogP contribution in [-0.2, 0) is 13.0 Å². The predicted molar refractivity (Wildman–Crippen MR) is 78.3 cm³/mol. The first-order valence-electron chi connectivity index (χ1n) is 6.49. The molecule has 0 aliphatic rings. The molecule has 2 N–H and O–H groups in total. The minimum atomic E-state index is 0.155. The van der Waals surface area contributed by atoms with E-state index in [-0.39, 0.29) is 5.78 Å². The molecule has 19 heavy (non-hydrogen) atoms. The molecule has 0 spiro atoms. The maximum atomic E-state index is 12.4. The third-order valence-electron chi connectivity index (χ3n) is 3.59. The van der Waals surface area contributed by atoms with Gasteiger partial charge in [0.05, 0.1) is 0 Å². The number of aryl methyl sites for hydroxylation is 1. The Balaban J connectivity index is 2.28. The molecule has 0 bridgehead atoms. The monoisotopic (exact) mass is 253 g/mol. The van der Waals surface area contributed by atoms with E-state index in [4.69, 9.17) is 5.73 Å². The third-order valence-corrected chi connectivity index (χ3v) is 3.59. The second-order valence-corrected chi connectivity index (χ2v) is 4.82. The summed E-state index contributed by atoms with van der Waals surface area (Å²) < 4.78 is 0. The highest BCUT2D eigenvalue weighted by atomic mass is 16.1. The average molecular weight is 253 g/mol. The number of carbonyl (C=O) groups is 1. The van der Waals surface area contributed by atoms with Crippen LogP contribution in [0.5, 0.6) is 0 Å². The molecule has 0 aliphatic heterocycles. The van der Waals surface area contributed by atoms with Gasteiger partial charge in [-0.25, -0.2) is 0 Å². The highest BCUT2D eigenvalue weighted by Gasteiger charge is 2.12. The van der Waals surface area contributed by atoms with Crippen LogP contribution in [0.1, 0.15) is 32.6 Å². The maximum Gasteiger partial charge on any atom is 0.167 e. The van der Waals surface area contributed by atoms with Crippen molar-refractivity contribution in [3.05, 3.63) is 70.3 Å². The lowest BCUT2D eigenvalue weighted by atomic mass is 9.94. The number of nitrogens with two attached hydrogens (primary N) is 1. The molecule has 2 heteroatoms. The summed E-state index contributed by atoms with van der Waals surface area (Å²) >= 11 is 0. The number of ketones is 1.